The Kier molecular flexibility index (Phi) is 9.33. The summed E-state index contributed by atoms with van der Waals surface area (Å²) in [6, 6.07) is 9.07. The van der Waals surface area contributed by atoms with Crippen LogP contribution in [0.1, 0.15) is 49.7 Å². The van der Waals surface area contributed by atoms with Crippen LogP contribution in [0, 0.1) is 24.3 Å². The Labute approximate surface area is 207 Å². The van der Waals surface area contributed by atoms with Crippen molar-refractivity contribution in [3.05, 3.63) is 95.0 Å². The van der Waals surface area contributed by atoms with E-state index in [1.165, 1.54) is 37.7 Å². The van der Waals surface area contributed by atoms with Gasteiger partial charge in [-0.1, -0.05) is 66.0 Å². The minimum absolute atomic E-state index is 0. The minimum Gasteiger partial charge on any atom is -1.00 e. The van der Waals surface area contributed by atoms with Crippen LogP contribution in [-0.4, -0.2) is 0 Å². The number of hydrogen-bond donors (Lipinski definition) is 0. The summed E-state index contributed by atoms with van der Waals surface area (Å²) >= 11 is 0. The first-order chi connectivity index (χ1) is 12.9. The molecular formula is C26H26Cl2Zr. The van der Waals surface area contributed by atoms with Gasteiger partial charge in [-0.05, 0) is 36.7 Å². The molecule has 3 heteroatoms. The van der Waals surface area contributed by atoms with Crippen LogP contribution in [0.3, 0.4) is 0 Å². The molecule has 0 N–H and O–H groups in total. The third-order valence-corrected chi connectivity index (χ3v) is 6.49. The van der Waals surface area contributed by atoms with Gasteiger partial charge in [0, 0.05) is 0 Å². The zero-order valence-corrected chi connectivity index (χ0v) is 20.6. The van der Waals surface area contributed by atoms with Crippen LogP contribution in [0.4, 0.5) is 0 Å². The van der Waals surface area contributed by atoms with Gasteiger partial charge in [0.05, 0.1) is 0 Å². The smallest absolute Gasteiger partial charge is 1.00 e. The SMILES string of the molecule is C1=CC2=C3C(=C4[CH-]CCCC4C2CC1)Cc1ccccc13.[C-]1=CC=CC1.[Cl-].[Cl-].[Zr+4]. The molecule has 0 radical (unpaired) electrons. The average molecular weight is 501 g/mol. The second-order valence-corrected chi connectivity index (χ2v) is 7.93. The number of halogens is 2. The van der Waals surface area contributed by atoms with Gasteiger partial charge in [-0.3, -0.25) is 6.08 Å². The van der Waals surface area contributed by atoms with Gasteiger partial charge in [0.1, 0.15) is 0 Å². The number of rotatable bonds is 0. The van der Waals surface area contributed by atoms with Gasteiger partial charge in [-0.2, -0.15) is 11.6 Å². The maximum Gasteiger partial charge on any atom is 4.00 e. The predicted octanol–water partition coefficient (Wildman–Crippen LogP) is 0.588. The normalized spacial score (nSPS) is 24.4. The maximum atomic E-state index is 2.99. The maximum absolute atomic E-state index is 2.99. The molecule has 0 aromatic heterocycles. The minimum atomic E-state index is 0. The number of allylic oxidation sites excluding steroid dienone is 10. The second kappa shape index (κ2) is 11.0. The molecule has 0 saturated heterocycles. The van der Waals surface area contributed by atoms with Crippen molar-refractivity contribution in [3.63, 3.8) is 0 Å². The molecule has 1 aromatic rings. The van der Waals surface area contributed by atoms with Gasteiger partial charge >= 0.3 is 26.2 Å². The number of fused-ring (bicyclic) bond motifs is 6. The summed E-state index contributed by atoms with van der Waals surface area (Å²) in [6.07, 6.45) is 25.3. The Bertz CT molecular complexity index is 862. The zero-order valence-electron chi connectivity index (χ0n) is 16.6. The molecular weight excluding hydrogens is 474 g/mol. The molecule has 2 unspecified atom stereocenters. The van der Waals surface area contributed by atoms with Gasteiger partial charge in [0.25, 0.3) is 0 Å². The van der Waals surface area contributed by atoms with Gasteiger partial charge in [0.15, 0.2) is 0 Å². The van der Waals surface area contributed by atoms with E-state index in [0.717, 1.165) is 24.7 Å². The van der Waals surface area contributed by atoms with Gasteiger partial charge in [-0.25, -0.2) is 24.1 Å². The number of benzene rings is 1. The van der Waals surface area contributed by atoms with Crippen LogP contribution in [0.5, 0.6) is 0 Å². The average Bonchev–Trinajstić information content (AvgIpc) is 3.40. The first kappa shape index (κ1) is 24.5. The second-order valence-electron chi connectivity index (χ2n) is 7.93. The first-order valence-corrected chi connectivity index (χ1v) is 10.2. The van der Waals surface area contributed by atoms with Gasteiger partial charge in [-0.15, -0.1) is 12.8 Å². The molecule has 5 aliphatic carbocycles. The molecule has 0 amide bonds. The zero-order chi connectivity index (χ0) is 17.3. The fourth-order valence-electron chi connectivity index (χ4n) is 5.40. The Balaban J connectivity index is 0.000000333. The topological polar surface area (TPSA) is 0 Å². The van der Waals surface area contributed by atoms with Crippen molar-refractivity contribution in [1.29, 1.82) is 0 Å². The third kappa shape index (κ3) is 4.63. The van der Waals surface area contributed by atoms with E-state index < -0.39 is 0 Å². The molecule has 6 rings (SSSR count). The summed E-state index contributed by atoms with van der Waals surface area (Å²) in [5.41, 5.74) is 9.71. The van der Waals surface area contributed by atoms with Crippen molar-refractivity contribution in [2.75, 3.05) is 0 Å². The molecule has 0 aliphatic heterocycles. The fraction of sp³-hybridized carbons (Fsp3) is 0.346. The summed E-state index contributed by atoms with van der Waals surface area (Å²) in [7, 11) is 0. The molecule has 0 nitrogen and oxygen atoms in total. The van der Waals surface area contributed by atoms with Crippen LogP contribution in [-0.2, 0) is 32.6 Å². The van der Waals surface area contributed by atoms with E-state index in [-0.39, 0.29) is 51.0 Å². The van der Waals surface area contributed by atoms with E-state index in [4.69, 9.17) is 0 Å². The van der Waals surface area contributed by atoms with Crippen molar-refractivity contribution in [2.24, 2.45) is 11.8 Å². The van der Waals surface area contributed by atoms with Crippen LogP contribution in [0.25, 0.3) is 5.57 Å². The summed E-state index contributed by atoms with van der Waals surface area (Å²) < 4.78 is 0. The fourth-order valence-corrected chi connectivity index (χ4v) is 5.40. The van der Waals surface area contributed by atoms with Crippen molar-refractivity contribution >= 4 is 5.57 Å². The van der Waals surface area contributed by atoms with Crippen molar-refractivity contribution in [3.8, 4) is 0 Å². The van der Waals surface area contributed by atoms with Crippen molar-refractivity contribution in [2.45, 2.75) is 44.9 Å². The molecule has 2 atom stereocenters. The van der Waals surface area contributed by atoms with Crippen molar-refractivity contribution in [1.82, 2.24) is 0 Å². The van der Waals surface area contributed by atoms with E-state index in [1.54, 1.807) is 27.9 Å². The summed E-state index contributed by atoms with van der Waals surface area (Å²) in [5, 5.41) is 0. The predicted molar refractivity (Wildman–Crippen MR) is 109 cm³/mol. The monoisotopic (exact) mass is 498 g/mol. The first-order valence-electron chi connectivity index (χ1n) is 10.2. The molecule has 29 heavy (non-hydrogen) atoms. The quantitative estimate of drug-likeness (QED) is 0.458. The van der Waals surface area contributed by atoms with E-state index >= 15 is 0 Å². The van der Waals surface area contributed by atoms with Gasteiger partial charge < -0.3 is 24.8 Å². The van der Waals surface area contributed by atoms with Crippen LogP contribution < -0.4 is 24.8 Å². The van der Waals surface area contributed by atoms with E-state index in [2.05, 4.69) is 55.0 Å². The standard InChI is InChI=1S/C21H21.C5H5.2ClH.Zr/c1-2-8-15-14(7-1)13-20-18-11-4-3-9-16(18)17-10-5-6-12-19(17)21(15)20;1-2-4-5-3-1;;;/h1-2,6-8,11-12,16-17H,3-5,9-10,13H2;1-3H,4H2;2*1H;/q2*-1;;;+4/p-2. The number of hydrogen-bond acceptors (Lipinski definition) is 0. The molecule has 0 bridgehead atoms. The Morgan fingerprint density at radius 3 is 2.62 bits per heavy atom. The largest absolute Gasteiger partial charge is 4.00 e. The van der Waals surface area contributed by atoms with E-state index in [1.807, 2.05) is 12.2 Å². The van der Waals surface area contributed by atoms with Crippen LogP contribution >= 0.6 is 0 Å². The third-order valence-electron chi connectivity index (χ3n) is 6.49. The van der Waals surface area contributed by atoms with Crippen LogP contribution in [0.15, 0.2) is 71.4 Å². The summed E-state index contributed by atoms with van der Waals surface area (Å²) in [6.45, 7) is 0. The molecule has 0 heterocycles. The molecule has 1 aromatic carbocycles. The molecule has 1 saturated carbocycles. The van der Waals surface area contributed by atoms with Crippen LogP contribution in [0.2, 0.25) is 0 Å². The molecule has 1 fully saturated rings. The summed E-state index contributed by atoms with van der Waals surface area (Å²) in [5.74, 6) is 1.60. The van der Waals surface area contributed by atoms with E-state index in [9.17, 15) is 0 Å². The summed E-state index contributed by atoms with van der Waals surface area (Å²) in [4.78, 5) is 0. The molecule has 5 aliphatic rings. The van der Waals surface area contributed by atoms with E-state index in [0.29, 0.717) is 0 Å². The Hall–Kier alpha value is -0.747. The Morgan fingerprint density at radius 2 is 1.86 bits per heavy atom. The Morgan fingerprint density at radius 1 is 1.00 bits per heavy atom. The van der Waals surface area contributed by atoms with Crippen molar-refractivity contribution < 1.29 is 51.0 Å². The van der Waals surface area contributed by atoms with Gasteiger partial charge in [0.2, 0.25) is 0 Å². The molecule has 0 spiro atoms. The molecule has 148 valence electrons.